The number of nitrogen functional groups attached to an aromatic ring is 1. The van der Waals surface area contributed by atoms with E-state index in [2.05, 4.69) is 5.16 Å². The first-order valence-corrected chi connectivity index (χ1v) is 5.09. The first-order chi connectivity index (χ1) is 6.74. The molecule has 0 saturated carbocycles. The molecule has 0 saturated heterocycles. The summed E-state index contributed by atoms with van der Waals surface area (Å²) in [5.41, 5.74) is 6.86. The van der Waals surface area contributed by atoms with Gasteiger partial charge in [0.1, 0.15) is 11.5 Å². The molecule has 14 heavy (non-hydrogen) atoms. The van der Waals surface area contributed by atoms with Crippen LogP contribution in [-0.2, 0) is 6.42 Å². The number of aromatic nitrogens is 1. The van der Waals surface area contributed by atoms with Crippen LogP contribution in [0.2, 0.25) is 0 Å². The van der Waals surface area contributed by atoms with E-state index in [1.54, 1.807) is 5.38 Å². The summed E-state index contributed by atoms with van der Waals surface area (Å²) in [6, 6.07) is 1.41. The Balaban J connectivity index is 2.57. The van der Waals surface area contributed by atoms with E-state index < -0.39 is 0 Å². The van der Waals surface area contributed by atoms with E-state index in [4.69, 9.17) is 10.3 Å². The summed E-state index contributed by atoms with van der Waals surface area (Å²) in [4.78, 5) is 0.488. The van der Waals surface area contributed by atoms with Gasteiger partial charge in [-0.1, -0.05) is 12.1 Å². The molecule has 0 aliphatic carbocycles. The molecule has 0 bridgehead atoms. The second kappa shape index (κ2) is 3.42. The predicted octanol–water partition coefficient (Wildman–Crippen LogP) is 2.69. The third-order valence-electron chi connectivity index (χ3n) is 2.00. The Morgan fingerprint density at radius 1 is 1.64 bits per heavy atom. The van der Waals surface area contributed by atoms with Gasteiger partial charge in [-0.3, -0.25) is 0 Å². The maximum absolute atomic E-state index is 13.2. The van der Waals surface area contributed by atoms with E-state index in [0.717, 1.165) is 5.56 Å². The smallest absolute Gasteiger partial charge is 0.225 e. The minimum atomic E-state index is -0.280. The summed E-state index contributed by atoms with van der Waals surface area (Å²) in [6.45, 7) is 1.93. The van der Waals surface area contributed by atoms with Crippen LogP contribution in [0.3, 0.4) is 0 Å². The quantitative estimate of drug-likeness (QED) is 0.832. The zero-order valence-corrected chi connectivity index (χ0v) is 8.40. The van der Waals surface area contributed by atoms with Crippen LogP contribution in [-0.4, -0.2) is 5.16 Å². The van der Waals surface area contributed by atoms with Crippen molar-refractivity contribution < 1.29 is 8.91 Å². The van der Waals surface area contributed by atoms with Gasteiger partial charge in [-0.25, -0.2) is 4.39 Å². The van der Waals surface area contributed by atoms with Gasteiger partial charge in [-0.2, -0.15) is 0 Å². The Kier molecular flexibility index (Phi) is 2.25. The van der Waals surface area contributed by atoms with Gasteiger partial charge in [0.25, 0.3) is 0 Å². The van der Waals surface area contributed by atoms with Crippen LogP contribution >= 0.6 is 11.3 Å². The van der Waals surface area contributed by atoms with Gasteiger partial charge in [-0.05, 0) is 17.9 Å². The Morgan fingerprint density at radius 2 is 2.43 bits per heavy atom. The highest BCUT2D eigenvalue weighted by atomic mass is 32.1. The molecule has 0 spiro atoms. The molecule has 0 aromatic carbocycles. The lowest BCUT2D eigenvalue weighted by atomic mass is 10.1. The first kappa shape index (κ1) is 9.21. The largest absolute Gasteiger partial charge is 0.367 e. The monoisotopic (exact) mass is 212 g/mol. The molecular formula is C9H9FN2OS. The zero-order valence-electron chi connectivity index (χ0n) is 7.58. The van der Waals surface area contributed by atoms with E-state index in [9.17, 15) is 4.39 Å². The molecule has 0 amide bonds. The molecule has 0 fully saturated rings. The topological polar surface area (TPSA) is 52.0 Å². The second-order valence-corrected chi connectivity index (χ2v) is 3.74. The summed E-state index contributed by atoms with van der Waals surface area (Å²) in [5, 5.41) is 5.44. The van der Waals surface area contributed by atoms with Crippen LogP contribution in [0, 0.1) is 5.82 Å². The van der Waals surface area contributed by atoms with Crippen molar-refractivity contribution in [2.75, 3.05) is 5.73 Å². The van der Waals surface area contributed by atoms with Crippen LogP contribution in [0.5, 0.6) is 0 Å². The van der Waals surface area contributed by atoms with Gasteiger partial charge in [0.15, 0.2) is 0 Å². The standard InChI is InChI=1S/C9H9FN2OS/c1-2-5-7(12-13-9(5)11)8-6(10)3-4-14-8/h3-4H,2,11H2,1H3. The normalized spacial score (nSPS) is 10.7. The Labute approximate surface area is 84.3 Å². The number of hydrogen-bond donors (Lipinski definition) is 1. The summed E-state index contributed by atoms with van der Waals surface area (Å²) >= 11 is 1.29. The molecule has 2 heterocycles. The molecule has 2 N–H and O–H groups in total. The van der Waals surface area contributed by atoms with Crippen molar-refractivity contribution >= 4 is 17.2 Å². The number of nitrogens with two attached hydrogens (primary N) is 1. The third kappa shape index (κ3) is 1.29. The van der Waals surface area contributed by atoms with Crippen molar-refractivity contribution in [3.8, 4) is 10.6 Å². The lowest BCUT2D eigenvalue weighted by Crippen LogP contribution is -1.89. The molecule has 0 radical (unpaired) electrons. The van der Waals surface area contributed by atoms with Crippen molar-refractivity contribution in [3.05, 3.63) is 22.8 Å². The Hall–Kier alpha value is -1.36. The molecular weight excluding hydrogens is 203 g/mol. The predicted molar refractivity (Wildman–Crippen MR) is 53.6 cm³/mol. The number of halogens is 1. The molecule has 2 aromatic rings. The fraction of sp³-hybridized carbons (Fsp3) is 0.222. The van der Waals surface area contributed by atoms with E-state index in [1.165, 1.54) is 17.4 Å². The zero-order chi connectivity index (χ0) is 10.1. The molecule has 0 aliphatic rings. The van der Waals surface area contributed by atoms with E-state index in [1.807, 2.05) is 6.92 Å². The molecule has 2 rings (SSSR count). The maximum atomic E-state index is 13.2. The number of nitrogens with zero attached hydrogens (tertiary/aromatic N) is 1. The second-order valence-electron chi connectivity index (χ2n) is 2.83. The number of hydrogen-bond acceptors (Lipinski definition) is 4. The van der Waals surface area contributed by atoms with Crippen LogP contribution in [0.4, 0.5) is 10.3 Å². The fourth-order valence-corrected chi connectivity index (χ4v) is 2.08. The van der Waals surface area contributed by atoms with Gasteiger partial charge in [0, 0.05) is 5.56 Å². The molecule has 5 heteroatoms. The highest BCUT2D eigenvalue weighted by molar-refractivity contribution is 7.13. The van der Waals surface area contributed by atoms with Crippen molar-refractivity contribution in [1.82, 2.24) is 5.16 Å². The van der Waals surface area contributed by atoms with Crippen molar-refractivity contribution in [2.45, 2.75) is 13.3 Å². The van der Waals surface area contributed by atoms with Crippen LogP contribution in [0.15, 0.2) is 16.0 Å². The van der Waals surface area contributed by atoms with E-state index in [0.29, 0.717) is 17.0 Å². The average molecular weight is 212 g/mol. The van der Waals surface area contributed by atoms with Crippen molar-refractivity contribution in [2.24, 2.45) is 0 Å². The Bertz CT molecular complexity index is 449. The summed E-state index contributed by atoms with van der Waals surface area (Å²) in [5.74, 6) is -0.00620. The van der Waals surface area contributed by atoms with Gasteiger partial charge in [0.2, 0.25) is 5.88 Å². The summed E-state index contributed by atoms with van der Waals surface area (Å²) in [6.07, 6.45) is 0.683. The summed E-state index contributed by atoms with van der Waals surface area (Å²) < 4.78 is 18.1. The highest BCUT2D eigenvalue weighted by Gasteiger charge is 2.17. The number of thiophene rings is 1. The highest BCUT2D eigenvalue weighted by Crippen LogP contribution is 2.32. The van der Waals surface area contributed by atoms with Crippen LogP contribution < -0.4 is 5.73 Å². The lowest BCUT2D eigenvalue weighted by Gasteiger charge is -1.95. The SMILES string of the molecule is CCc1c(-c2sccc2F)noc1N. The first-order valence-electron chi connectivity index (χ1n) is 4.21. The molecule has 0 unspecified atom stereocenters. The Morgan fingerprint density at radius 3 is 3.00 bits per heavy atom. The average Bonchev–Trinajstić information content (AvgIpc) is 2.71. The third-order valence-corrected chi connectivity index (χ3v) is 2.90. The van der Waals surface area contributed by atoms with Gasteiger partial charge in [0.05, 0.1) is 4.88 Å². The van der Waals surface area contributed by atoms with Crippen molar-refractivity contribution in [1.29, 1.82) is 0 Å². The molecule has 2 aromatic heterocycles. The van der Waals surface area contributed by atoms with Crippen LogP contribution in [0.25, 0.3) is 10.6 Å². The minimum Gasteiger partial charge on any atom is -0.367 e. The summed E-state index contributed by atoms with van der Waals surface area (Å²) in [7, 11) is 0. The van der Waals surface area contributed by atoms with Gasteiger partial charge >= 0.3 is 0 Å². The minimum absolute atomic E-state index is 0.273. The molecule has 0 aliphatic heterocycles. The van der Waals surface area contributed by atoms with Crippen molar-refractivity contribution in [3.63, 3.8) is 0 Å². The van der Waals surface area contributed by atoms with E-state index >= 15 is 0 Å². The fourth-order valence-electron chi connectivity index (χ4n) is 1.30. The van der Waals surface area contributed by atoms with Crippen LogP contribution in [0.1, 0.15) is 12.5 Å². The lowest BCUT2D eigenvalue weighted by molar-refractivity contribution is 0.438. The number of rotatable bonds is 2. The van der Waals surface area contributed by atoms with Gasteiger partial charge in [-0.15, -0.1) is 11.3 Å². The van der Waals surface area contributed by atoms with E-state index in [-0.39, 0.29) is 11.7 Å². The molecule has 3 nitrogen and oxygen atoms in total. The van der Waals surface area contributed by atoms with Gasteiger partial charge < -0.3 is 10.3 Å². The number of anilines is 1. The molecule has 74 valence electrons. The maximum Gasteiger partial charge on any atom is 0.225 e. The molecule has 0 atom stereocenters.